The second kappa shape index (κ2) is 7.50. The summed E-state index contributed by atoms with van der Waals surface area (Å²) >= 11 is 9.07. The van der Waals surface area contributed by atoms with Gasteiger partial charge in [-0.15, -0.1) is 0 Å². The number of benzene rings is 2. The van der Waals surface area contributed by atoms with Crippen molar-refractivity contribution in [1.82, 2.24) is 14.9 Å². The molecule has 0 saturated carbocycles. The summed E-state index contributed by atoms with van der Waals surface area (Å²) in [5, 5.41) is 0.255. The fraction of sp³-hybridized carbons (Fsp3) is 0.304. The summed E-state index contributed by atoms with van der Waals surface area (Å²) in [6.45, 7) is 5.71. The first-order valence-corrected chi connectivity index (χ1v) is 11.2. The molecule has 2 aliphatic heterocycles. The molecule has 1 fully saturated rings. The van der Waals surface area contributed by atoms with E-state index in [1.165, 1.54) is 11.6 Å². The Morgan fingerprint density at radius 1 is 1.06 bits per heavy atom. The Morgan fingerprint density at radius 3 is 2.35 bits per heavy atom. The van der Waals surface area contributed by atoms with Crippen LogP contribution in [0.2, 0.25) is 5.28 Å². The molecular weight excluding hydrogens is 486 g/mol. The topological polar surface area (TPSA) is 32.3 Å². The van der Waals surface area contributed by atoms with Crippen molar-refractivity contribution in [3.8, 4) is 0 Å². The van der Waals surface area contributed by atoms with Gasteiger partial charge < -0.3 is 4.90 Å². The first-order valence-electron chi connectivity index (χ1n) is 10.1. The van der Waals surface area contributed by atoms with Gasteiger partial charge in [-0.25, -0.2) is 13.8 Å². The van der Waals surface area contributed by atoms with Crippen molar-refractivity contribution >= 4 is 44.3 Å². The van der Waals surface area contributed by atoms with Gasteiger partial charge in [-0.3, -0.25) is 4.90 Å². The molecule has 160 valence electrons. The molecule has 2 unspecified atom stereocenters. The number of rotatable bonds is 3. The highest BCUT2D eigenvalue weighted by molar-refractivity contribution is 9.10. The van der Waals surface area contributed by atoms with Crippen LogP contribution < -0.4 is 4.90 Å². The maximum atomic E-state index is 14.7. The molecule has 0 spiro atoms. The molecule has 8 heteroatoms. The van der Waals surface area contributed by atoms with Crippen molar-refractivity contribution in [3.05, 3.63) is 75.5 Å². The first-order chi connectivity index (χ1) is 14.8. The van der Waals surface area contributed by atoms with Crippen LogP contribution in [-0.4, -0.2) is 40.0 Å². The lowest BCUT2D eigenvalue weighted by atomic mass is 9.89. The SMILES string of the molecule is CC(C)(c1ccccc1)N1C2C=CC1CN(c1nc(Cl)nc3c(F)c(Br)c(F)cc13)C2. The summed E-state index contributed by atoms with van der Waals surface area (Å²) < 4.78 is 28.7. The van der Waals surface area contributed by atoms with Crippen molar-refractivity contribution in [1.29, 1.82) is 0 Å². The Hall–Kier alpha value is -2.09. The third kappa shape index (κ3) is 3.34. The smallest absolute Gasteiger partial charge is 0.225 e. The number of halogens is 4. The van der Waals surface area contributed by atoms with Gasteiger partial charge >= 0.3 is 0 Å². The van der Waals surface area contributed by atoms with Crippen LogP contribution in [0, 0.1) is 11.6 Å². The van der Waals surface area contributed by atoms with Crippen molar-refractivity contribution < 1.29 is 8.78 Å². The Morgan fingerprint density at radius 2 is 1.71 bits per heavy atom. The normalized spacial score (nSPS) is 21.3. The second-order valence-corrected chi connectivity index (χ2v) is 9.59. The highest BCUT2D eigenvalue weighted by Crippen LogP contribution is 2.40. The van der Waals surface area contributed by atoms with Gasteiger partial charge in [0.2, 0.25) is 5.28 Å². The maximum Gasteiger partial charge on any atom is 0.225 e. The minimum Gasteiger partial charge on any atom is -0.352 e. The molecule has 0 aliphatic carbocycles. The van der Waals surface area contributed by atoms with Crippen LogP contribution in [0.1, 0.15) is 19.4 Å². The molecule has 0 N–H and O–H groups in total. The van der Waals surface area contributed by atoms with E-state index in [0.29, 0.717) is 24.3 Å². The Labute approximate surface area is 192 Å². The average Bonchev–Trinajstić information content (AvgIpc) is 3.04. The number of hydrogen-bond donors (Lipinski definition) is 0. The van der Waals surface area contributed by atoms with Crippen molar-refractivity contribution in [3.63, 3.8) is 0 Å². The molecule has 4 nitrogen and oxygen atoms in total. The lowest BCUT2D eigenvalue weighted by Crippen LogP contribution is -2.60. The van der Waals surface area contributed by atoms with E-state index in [4.69, 9.17) is 11.6 Å². The molecule has 0 radical (unpaired) electrons. The predicted octanol–water partition coefficient (Wildman–Crippen LogP) is 5.69. The molecule has 2 atom stereocenters. The highest BCUT2D eigenvalue weighted by atomic mass is 79.9. The van der Waals surface area contributed by atoms with Gasteiger partial charge in [0, 0.05) is 36.1 Å². The molecule has 1 saturated heterocycles. The quantitative estimate of drug-likeness (QED) is 0.260. The number of aromatic nitrogens is 2. The second-order valence-electron chi connectivity index (χ2n) is 8.46. The maximum absolute atomic E-state index is 14.7. The predicted molar refractivity (Wildman–Crippen MR) is 122 cm³/mol. The van der Waals surface area contributed by atoms with Crippen molar-refractivity contribution in [2.24, 2.45) is 0 Å². The lowest BCUT2D eigenvalue weighted by molar-refractivity contribution is 0.0591. The van der Waals surface area contributed by atoms with Gasteiger partial charge in [-0.2, -0.15) is 4.98 Å². The molecule has 2 aromatic carbocycles. The number of piperazine rings is 1. The zero-order valence-corrected chi connectivity index (χ0v) is 19.3. The zero-order chi connectivity index (χ0) is 21.9. The van der Waals surface area contributed by atoms with Crippen LogP contribution in [0.25, 0.3) is 10.9 Å². The van der Waals surface area contributed by atoms with Gasteiger partial charge in [0.25, 0.3) is 0 Å². The minimum absolute atomic E-state index is 0.00984. The van der Waals surface area contributed by atoms with E-state index < -0.39 is 11.6 Å². The summed E-state index contributed by atoms with van der Waals surface area (Å²) in [6, 6.07) is 11.9. The third-order valence-electron chi connectivity index (χ3n) is 6.29. The standard InChI is InChI=1S/C23H20BrClF2N4/c1-23(2,13-6-4-3-5-7-13)31-14-8-9-15(31)12-30(11-14)21-16-10-17(26)18(24)19(27)20(16)28-22(25)29-21/h3-10,14-15H,11-12H2,1-2H3. The van der Waals surface area contributed by atoms with E-state index in [9.17, 15) is 8.78 Å². The molecule has 3 heterocycles. The fourth-order valence-electron chi connectivity index (χ4n) is 4.88. The Bertz CT molecular complexity index is 1190. The summed E-state index contributed by atoms with van der Waals surface area (Å²) in [6.07, 6.45) is 4.41. The average molecular weight is 506 g/mol. The highest BCUT2D eigenvalue weighted by Gasteiger charge is 2.45. The van der Waals surface area contributed by atoms with Gasteiger partial charge in [-0.05, 0) is 53.0 Å². The fourth-order valence-corrected chi connectivity index (χ4v) is 5.35. The minimum atomic E-state index is -0.773. The van der Waals surface area contributed by atoms with Crippen LogP contribution in [0.3, 0.4) is 0 Å². The van der Waals surface area contributed by atoms with Crippen LogP contribution in [-0.2, 0) is 5.54 Å². The largest absolute Gasteiger partial charge is 0.352 e. The number of nitrogens with zero attached hydrogens (tertiary/aromatic N) is 4. The van der Waals surface area contributed by atoms with E-state index >= 15 is 0 Å². The lowest BCUT2D eigenvalue weighted by Gasteiger charge is -2.50. The van der Waals surface area contributed by atoms with Gasteiger partial charge in [0.15, 0.2) is 5.82 Å². The summed E-state index contributed by atoms with van der Waals surface area (Å²) in [5.74, 6) is -1.01. The Balaban J connectivity index is 1.53. The molecule has 31 heavy (non-hydrogen) atoms. The molecule has 1 aromatic heterocycles. The molecule has 5 rings (SSSR count). The molecule has 3 aromatic rings. The van der Waals surface area contributed by atoms with E-state index in [2.05, 4.69) is 86.0 Å². The van der Waals surface area contributed by atoms with Gasteiger partial charge in [0.05, 0.1) is 4.47 Å². The van der Waals surface area contributed by atoms with E-state index in [1.54, 1.807) is 0 Å². The van der Waals surface area contributed by atoms with Gasteiger partial charge in [0.1, 0.15) is 17.2 Å². The van der Waals surface area contributed by atoms with Crippen molar-refractivity contribution in [2.75, 3.05) is 18.0 Å². The number of hydrogen-bond acceptors (Lipinski definition) is 4. The monoisotopic (exact) mass is 504 g/mol. The van der Waals surface area contributed by atoms with Crippen LogP contribution >= 0.6 is 27.5 Å². The van der Waals surface area contributed by atoms with Crippen LogP contribution in [0.5, 0.6) is 0 Å². The third-order valence-corrected chi connectivity index (χ3v) is 7.19. The van der Waals surface area contributed by atoms with Crippen LogP contribution in [0.15, 0.2) is 53.0 Å². The van der Waals surface area contributed by atoms with E-state index in [1.807, 2.05) is 6.07 Å². The molecule has 2 aliphatic rings. The summed E-state index contributed by atoms with van der Waals surface area (Å²) in [5.41, 5.74) is 1.07. The molecule has 2 bridgehead atoms. The van der Waals surface area contributed by atoms with Crippen molar-refractivity contribution in [2.45, 2.75) is 31.5 Å². The molecular formula is C23H20BrClF2N4. The molecule has 0 amide bonds. The number of anilines is 1. The summed E-state index contributed by atoms with van der Waals surface area (Å²) in [4.78, 5) is 12.9. The zero-order valence-electron chi connectivity index (χ0n) is 17.0. The summed E-state index contributed by atoms with van der Waals surface area (Å²) in [7, 11) is 0. The van der Waals surface area contributed by atoms with E-state index in [-0.39, 0.29) is 32.9 Å². The first kappa shape index (κ1) is 20.8. The van der Waals surface area contributed by atoms with Gasteiger partial charge in [-0.1, -0.05) is 42.5 Å². The Kier molecular flexibility index (Phi) is 5.03. The van der Waals surface area contributed by atoms with Crippen LogP contribution in [0.4, 0.5) is 14.6 Å². The van der Waals surface area contributed by atoms with E-state index in [0.717, 1.165) is 0 Å². The number of fused-ring (bicyclic) bond motifs is 3.